The van der Waals surface area contributed by atoms with Crippen molar-refractivity contribution >= 4 is 11.1 Å². The summed E-state index contributed by atoms with van der Waals surface area (Å²) >= 11 is 0. The van der Waals surface area contributed by atoms with Crippen LogP contribution in [0.25, 0.3) is 11.1 Å². The van der Waals surface area contributed by atoms with Gasteiger partial charge in [-0.3, -0.25) is 12.2 Å². The summed E-state index contributed by atoms with van der Waals surface area (Å²) in [6.45, 7) is 35.3. The van der Waals surface area contributed by atoms with E-state index in [2.05, 4.69) is 69.2 Å². The number of allylic oxidation sites excluding steroid dienone is 4. The average molecular weight is 471 g/mol. The van der Waals surface area contributed by atoms with Gasteiger partial charge in [0.1, 0.15) is 0 Å². The molecule has 3 rings (SSSR count). The summed E-state index contributed by atoms with van der Waals surface area (Å²) in [4.78, 5) is 0. The molecular formula is C29H34Y-2. The first kappa shape index (κ1) is 25.0. The molecule has 0 nitrogen and oxygen atoms in total. The maximum atomic E-state index is 6.50. The molecule has 0 aromatic heterocycles. The van der Waals surface area contributed by atoms with Crippen LogP contribution in [0.1, 0.15) is 80.6 Å². The second kappa shape index (κ2) is 8.36. The van der Waals surface area contributed by atoms with Crippen molar-refractivity contribution in [2.45, 2.75) is 74.7 Å². The molecule has 1 aliphatic rings. The number of benzene rings is 2. The Morgan fingerprint density at radius 3 is 1.00 bits per heavy atom. The van der Waals surface area contributed by atoms with E-state index in [0.717, 1.165) is 0 Å². The molecule has 0 unspecified atom stereocenters. The average Bonchev–Trinajstić information content (AvgIpc) is 2.79. The zero-order valence-corrected chi connectivity index (χ0v) is 23.2. The summed E-state index contributed by atoms with van der Waals surface area (Å²) < 4.78 is 0. The van der Waals surface area contributed by atoms with Crippen LogP contribution in [0.4, 0.5) is 0 Å². The van der Waals surface area contributed by atoms with Crippen molar-refractivity contribution in [3.05, 3.63) is 92.1 Å². The quantitative estimate of drug-likeness (QED) is 0.394. The van der Waals surface area contributed by atoms with Crippen molar-refractivity contribution in [1.82, 2.24) is 0 Å². The number of hydrogen-bond donors (Lipinski definition) is 0. The molecule has 30 heavy (non-hydrogen) atoms. The van der Waals surface area contributed by atoms with Gasteiger partial charge in [-0.2, -0.15) is 0 Å². The summed E-state index contributed by atoms with van der Waals surface area (Å²) in [5.74, 6) is 0. The minimum atomic E-state index is -0.635. The second-order valence-corrected chi connectivity index (χ2v) is 8.95. The van der Waals surface area contributed by atoms with Gasteiger partial charge in [0.25, 0.3) is 0 Å². The van der Waals surface area contributed by atoms with Crippen LogP contribution in [0.15, 0.2) is 12.2 Å². The predicted octanol–water partition coefficient (Wildman–Crippen LogP) is 7.68. The van der Waals surface area contributed by atoms with E-state index in [-0.39, 0.29) is 32.7 Å². The summed E-state index contributed by atoms with van der Waals surface area (Å²) in [5, 5.41) is 0. The second-order valence-electron chi connectivity index (χ2n) is 8.95. The molecule has 0 spiro atoms. The van der Waals surface area contributed by atoms with Gasteiger partial charge in [-0.15, -0.1) is 0 Å². The van der Waals surface area contributed by atoms with Gasteiger partial charge in [0.05, 0.1) is 0 Å². The van der Waals surface area contributed by atoms with Crippen LogP contribution in [0.3, 0.4) is 0 Å². The smallest absolute Gasteiger partial charge is 0 e. The Hall–Kier alpha value is -1.24. The molecule has 0 saturated heterocycles. The molecule has 1 radical (unpaired) electrons. The van der Waals surface area contributed by atoms with Crippen LogP contribution in [0.2, 0.25) is 0 Å². The van der Waals surface area contributed by atoms with Gasteiger partial charge in [0.15, 0.2) is 0 Å². The van der Waals surface area contributed by atoms with Crippen LogP contribution >= 0.6 is 0 Å². The van der Waals surface area contributed by atoms with Gasteiger partial charge >= 0.3 is 0 Å². The number of hydrogen-bond acceptors (Lipinski definition) is 0. The Labute approximate surface area is 209 Å². The fourth-order valence-electron chi connectivity index (χ4n) is 5.49. The van der Waals surface area contributed by atoms with E-state index in [0.29, 0.717) is 0 Å². The molecule has 0 amide bonds. The maximum Gasteiger partial charge on any atom is 0 e. The molecule has 2 aromatic rings. The molecule has 1 aliphatic carbocycles. The predicted molar refractivity (Wildman–Crippen MR) is 127 cm³/mol. The van der Waals surface area contributed by atoms with E-state index in [1.807, 2.05) is 12.2 Å². The Kier molecular flexibility index (Phi) is 6.98. The van der Waals surface area contributed by atoms with Gasteiger partial charge in [-0.25, -0.2) is 0 Å². The van der Waals surface area contributed by atoms with Crippen LogP contribution in [0.5, 0.6) is 0 Å². The van der Waals surface area contributed by atoms with Crippen molar-refractivity contribution in [3.8, 4) is 0 Å². The third kappa shape index (κ3) is 3.01. The third-order valence-electron chi connectivity index (χ3n) is 8.04. The number of rotatable bonds is 2. The van der Waals surface area contributed by atoms with Crippen LogP contribution in [-0.2, 0) is 38.1 Å². The van der Waals surface area contributed by atoms with Crippen LogP contribution < -0.4 is 0 Å². The topological polar surface area (TPSA) is 0 Å². The fraction of sp³-hybridized carbons (Fsp3) is 0.379. The SMILES string of the molecule is [CH-]=CC1(C=[CH-])c2c(C)c(C)c(C)c(C)c2C(C)=C(C)c2c(C)c(C)c(C)c(C)c21.[Y]. The van der Waals surface area contributed by atoms with E-state index in [1.165, 1.54) is 77.9 Å². The molecule has 0 saturated carbocycles. The monoisotopic (exact) mass is 471 g/mol. The van der Waals surface area contributed by atoms with Crippen molar-refractivity contribution in [2.75, 3.05) is 0 Å². The van der Waals surface area contributed by atoms with Gasteiger partial charge in [0.2, 0.25) is 0 Å². The van der Waals surface area contributed by atoms with Crippen molar-refractivity contribution < 1.29 is 32.7 Å². The first-order valence-corrected chi connectivity index (χ1v) is 10.5. The number of fused-ring (bicyclic) bond motifs is 2. The van der Waals surface area contributed by atoms with E-state index >= 15 is 0 Å². The van der Waals surface area contributed by atoms with Gasteiger partial charge in [0, 0.05) is 32.7 Å². The molecule has 0 atom stereocenters. The molecule has 155 valence electrons. The summed E-state index contributed by atoms with van der Waals surface area (Å²) in [6, 6.07) is 0. The minimum Gasteiger partial charge on any atom is -0.516 e. The molecule has 0 aliphatic heterocycles. The van der Waals surface area contributed by atoms with Crippen molar-refractivity contribution in [1.29, 1.82) is 0 Å². The van der Waals surface area contributed by atoms with Crippen molar-refractivity contribution in [2.24, 2.45) is 0 Å². The Morgan fingerprint density at radius 2 is 0.733 bits per heavy atom. The molecule has 0 fully saturated rings. The summed E-state index contributed by atoms with van der Waals surface area (Å²) in [7, 11) is 0. The van der Waals surface area contributed by atoms with Crippen molar-refractivity contribution in [3.63, 3.8) is 0 Å². The third-order valence-corrected chi connectivity index (χ3v) is 8.04. The molecule has 0 heterocycles. The molecule has 0 bridgehead atoms. The maximum absolute atomic E-state index is 6.50. The molecule has 0 N–H and O–H groups in total. The minimum absolute atomic E-state index is 0. The molecule has 1 heteroatoms. The summed E-state index contributed by atoms with van der Waals surface area (Å²) in [5.41, 5.74) is 17.6. The van der Waals surface area contributed by atoms with Crippen LogP contribution in [0, 0.1) is 68.5 Å². The first-order valence-electron chi connectivity index (χ1n) is 10.5. The van der Waals surface area contributed by atoms with Gasteiger partial charge < -0.3 is 13.2 Å². The standard InChI is InChI=1S/C29H34.Y/c1-13-29(14-2)27-23(11)17(5)15(3)19(7)25(27)21(9)22(10)26-20(8)16(4)18(6)24(12)28(26)29;/h1-2,13-14H,3-12H3;/q-2;. The Morgan fingerprint density at radius 1 is 0.467 bits per heavy atom. The molecule has 2 aromatic carbocycles. The van der Waals surface area contributed by atoms with Gasteiger partial charge in [-0.05, 0) is 153 Å². The summed E-state index contributed by atoms with van der Waals surface area (Å²) in [6.07, 6.45) is 3.64. The Balaban J connectivity index is 0.00000320. The molecular weight excluding hydrogens is 437 g/mol. The van der Waals surface area contributed by atoms with E-state index in [9.17, 15) is 0 Å². The largest absolute Gasteiger partial charge is 0.516 e. The normalized spacial score (nSPS) is 14.5. The zero-order valence-electron chi connectivity index (χ0n) is 20.4. The fourth-order valence-corrected chi connectivity index (χ4v) is 5.49. The van der Waals surface area contributed by atoms with E-state index in [1.54, 1.807) is 0 Å². The zero-order chi connectivity index (χ0) is 22.0. The Bertz CT molecular complexity index is 1030. The van der Waals surface area contributed by atoms with Crippen LogP contribution in [-0.4, -0.2) is 0 Å². The van der Waals surface area contributed by atoms with E-state index < -0.39 is 5.41 Å². The first-order chi connectivity index (χ1) is 13.5. The van der Waals surface area contributed by atoms with Gasteiger partial charge in [-0.1, -0.05) is 0 Å². The van der Waals surface area contributed by atoms with E-state index in [4.69, 9.17) is 13.2 Å².